The SMILES string of the molecule is Cc1cnc(-c2cncc(-c3ccnc(Cc4cc(CC(=O)c5ccc(CN6CCN(C)CC6)cc5)ccc4C)n3)c2)s1.Cc1csc(-c2cncc(-c3ccnc(Cc4cc(CC(=O)c5ccc(CN6CCN(C)CC6)cc5)ccc4C)n3)c2)n1. The minimum Gasteiger partial charge on any atom is -0.304 e. The van der Waals surface area contributed by atoms with Crippen molar-refractivity contribution in [2.75, 3.05) is 66.5 Å². The summed E-state index contributed by atoms with van der Waals surface area (Å²) in [7, 11) is 4.34. The van der Waals surface area contributed by atoms with Crippen LogP contribution >= 0.6 is 22.7 Å². The zero-order valence-electron chi connectivity index (χ0n) is 49.9. The normalized spacial score (nSPS) is 14.2. The molecule has 2 saturated heterocycles. The van der Waals surface area contributed by atoms with Gasteiger partial charge in [0.1, 0.15) is 21.7 Å². The number of aromatic nitrogens is 8. The zero-order chi connectivity index (χ0) is 59.5. The number of carbonyl (C=O) groups excluding carboxylic acids is 2. The Hall–Kier alpha value is -8.22. The van der Waals surface area contributed by atoms with Crippen LogP contribution in [-0.2, 0) is 38.8 Å². The van der Waals surface area contributed by atoms with Gasteiger partial charge in [0.05, 0.1) is 11.4 Å². The molecule has 16 heteroatoms. The molecule has 86 heavy (non-hydrogen) atoms. The Morgan fingerprint density at radius 2 is 0.907 bits per heavy atom. The van der Waals surface area contributed by atoms with Crippen LogP contribution < -0.4 is 0 Å². The second kappa shape index (κ2) is 27.9. The molecule has 0 aliphatic carbocycles. The molecule has 2 fully saturated rings. The van der Waals surface area contributed by atoms with Gasteiger partial charge in [-0.3, -0.25) is 29.4 Å². The predicted octanol–water partition coefficient (Wildman–Crippen LogP) is 12.1. The third kappa shape index (κ3) is 15.8. The second-order valence-electron chi connectivity index (χ2n) is 22.8. The van der Waals surface area contributed by atoms with E-state index in [4.69, 9.17) is 9.97 Å². The van der Waals surface area contributed by atoms with Crippen LogP contribution in [0.3, 0.4) is 0 Å². The highest BCUT2D eigenvalue weighted by atomic mass is 32.1. The molecule has 10 aromatic rings. The summed E-state index contributed by atoms with van der Waals surface area (Å²) in [6.45, 7) is 18.8. The van der Waals surface area contributed by atoms with E-state index in [1.54, 1.807) is 35.1 Å². The van der Waals surface area contributed by atoms with Gasteiger partial charge >= 0.3 is 0 Å². The predicted molar refractivity (Wildman–Crippen MR) is 345 cm³/mol. The average molecular weight is 1180 g/mol. The first-order valence-electron chi connectivity index (χ1n) is 29.4. The summed E-state index contributed by atoms with van der Waals surface area (Å²) >= 11 is 3.26. The van der Waals surface area contributed by atoms with Gasteiger partial charge in [-0.25, -0.2) is 29.9 Å². The van der Waals surface area contributed by atoms with E-state index in [0.717, 1.165) is 171 Å². The van der Waals surface area contributed by atoms with Crippen LogP contribution in [0, 0.1) is 27.7 Å². The van der Waals surface area contributed by atoms with Crippen molar-refractivity contribution in [1.29, 1.82) is 0 Å². The first-order valence-corrected chi connectivity index (χ1v) is 31.1. The summed E-state index contributed by atoms with van der Waals surface area (Å²) in [5.74, 6) is 1.72. The molecule has 0 atom stereocenters. The highest BCUT2D eigenvalue weighted by molar-refractivity contribution is 7.15. The Balaban J connectivity index is 0.000000179. The van der Waals surface area contributed by atoms with Crippen molar-refractivity contribution in [3.8, 4) is 43.7 Å². The van der Waals surface area contributed by atoms with Crippen LogP contribution in [-0.4, -0.2) is 137 Å². The van der Waals surface area contributed by atoms with Crippen molar-refractivity contribution in [1.82, 2.24) is 59.5 Å². The van der Waals surface area contributed by atoms with Crippen molar-refractivity contribution in [2.24, 2.45) is 0 Å². The van der Waals surface area contributed by atoms with Gasteiger partial charge in [0.2, 0.25) is 0 Å². The molecule has 0 bridgehead atoms. The number of thiazole rings is 2. The van der Waals surface area contributed by atoms with E-state index in [-0.39, 0.29) is 11.6 Å². The molecule has 0 radical (unpaired) electrons. The zero-order valence-corrected chi connectivity index (χ0v) is 51.5. The largest absolute Gasteiger partial charge is 0.304 e. The number of rotatable bonds is 18. The molecule has 2 aliphatic heterocycles. The lowest BCUT2D eigenvalue weighted by Gasteiger charge is -2.32. The molecule has 4 aromatic carbocycles. The van der Waals surface area contributed by atoms with E-state index in [1.165, 1.54) is 16.0 Å². The average Bonchev–Trinajstić information content (AvgIpc) is 4.32. The Bertz CT molecular complexity index is 3700. The van der Waals surface area contributed by atoms with E-state index >= 15 is 0 Å². The van der Waals surface area contributed by atoms with E-state index in [1.807, 2.05) is 91.8 Å². The Morgan fingerprint density at radius 1 is 0.465 bits per heavy atom. The summed E-state index contributed by atoms with van der Waals surface area (Å²) < 4.78 is 0. The fourth-order valence-electron chi connectivity index (χ4n) is 10.7. The monoisotopic (exact) mass is 1180 g/mol. The molecular formula is C70H72N12O2S2. The number of aryl methyl sites for hydroxylation is 4. The molecule has 0 unspecified atom stereocenters. The highest BCUT2D eigenvalue weighted by Gasteiger charge is 2.19. The summed E-state index contributed by atoms with van der Waals surface area (Å²) in [5.41, 5.74) is 17.0. The van der Waals surface area contributed by atoms with Gasteiger partial charge in [0, 0.05) is 184 Å². The fourth-order valence-corrected chi connectivity index (χ4v) is 12.3. The molecule has 12 rings (SSSR count). The summed E-state index contributed by atoms with van der Waals surface area (Å²) in [5, 5.41) is 3.94. The summed E-state index contributed by atoms with van der Waals surface area (Å²) in [6, 6.07) is 36.8. The van der Waals surface area contributed by atoms with Gasteiger partial charge in [-0.05, 0) is 111 Å². The van der Waals surface area contributed by atoms with Crippen LogP contribution in [0.15, 0.2) is 158 Å². The quantitative estimate of drug-likeness (QED) is 0.0750. The lowest BCUT2D eigenvalue weighted by Crippen LogP contribution is -2.43. The molecule has 0 spiro atoms. The fraction of sp³-hybridized carbons (Fsp3) is 0.286. The third-order valence-corrected chi connectivity index (χ3v) is 18.0. The van der Waals surface area contributed by atoms with E-state index in [0.29, 0.717) is 25.7 Å². The summed E-state index contributed by atoms with van der Waals surface area (Å²) in [6.07, 6.45) is 14.7. The maximum absolute atomic E-state index is 13.2. The van der Waals surface area contributed by atoms with Gasteiger partial charge in [0.25, 0.3) is 0 Å². The van der Waals surface area contributed by atoms with Crippen LogP contribution in [0.1, 0.15) is 87.4 Å². The molecule has 8 heterocycles. The summed E-state index contributed by atoms with van der Waals surface area (Å²) in [4.78, 5) is 74.1. The van der Waals surface area contributed by atoms with Crippen molar-refractivity contribution >= 4 is 34.2 Å². The first kappa shape index (κ1) is 59.5. The van der Waals surface area contributed by atoms with Crippen molar-refractivity contribution in [3.63, 3.8) is 0 Å². The number of ketones is 2. The Morgan fingerprint density at radius 3 is 1.34 bits per heavy atom. The minimum absolute atomic E-state index is 0.127. The van der Waals surface area contributed by atoms with E-state index in [2.05, 4.69) is 145 Å². The molecule has 0 amide bonds. The van der Waals surface area contributed by atoms with Crippen LogP contribution in [0.2, 0.25) is 0 Å². The molecule has 6 aromatic heterocycles. The maximum Gasteiger partial charge on any atom is 0.167 e. The number of carbonyl (C=O) groups is 2. The number of pyridine rings is 2. The molecule has 14 nitrogen and oxygen atoms in total. The molecular weight excluding hydrogens is 1100 g/mol. The van der Waals surface area contributed by atoms with Gasteiger partial charge in [-0.15, -0.1) is 22.7 Å². The van der Waals surface area contributed by atoms with Crippen molar-refractivity contribution < 1.29 is 9.59 Å². The first-order chi connectivity index (χ1) is 41.8. The van der Waals surface area contributed by atoms with Gasteiger partial charge in [-0.1, -0.05) is 84.9 Å². The number of hydrogen-bond acceptors (Lipinski definition) is 16. The molecule has 436 valence electrons. The lowest BCUT2D eigenvalue weighted by molar-refractivity contribution is 0.0984. The highest BCUT2D eigenvalue weighted by Crippen LogP contribution is 2.30. The maximum atomic E-state index is 13.2. The molecule has 0 N–H and O–H groups in total. The Labute approximate surface area is 512 Å². The molecule has 0 saturated carbocycles. The van der Waals surface area contributed by atoms with Crippen molar-refractivity contribution in [3.05, 3.63) is 236 Å². The second-order valence-corrected chi connectivity index (χ2v) is 24.9. The van der Waals surface area contributed by atoms with Gasteiger partial charge in [-0.2, -0.15) is 0 Å². The number of nitrogens with zero attached hydrogens (tertiary/aromatic N) is 12. The minimum atomic E-state index is 0.127. The number of hydrogen-bond donors (Lipinski definition) is 0. The van der Waals surface area contributed by atoms with E-state index in [9.17, 15) is 9.59 Å². The van der Waals surface area contributed by atoms with Crippen LogP contribution in [0.25, 0.3) is 43.7 Å². The topological polar surface area (TPSA) is 150 Å². The van der Waals surface area contributed by atoms with Crippen LogP contribution in [0.4, 0.5) is 0 Å². The number of Topliss-reactive ketones (excluding diaryl/α,β-unsaturated/α-hetero) is 2. The molecule has 2 aliphatic rings. The van der Waals surface area contributed by atoms with E-state index < -0.39 is 0 Å². The number of benzene rings is 4. The Kier molecular flexibility index (Phi) is 19.3. The smallest absolute Gasteiger partial charge is 0.167 e. The number of likely N-dealkylation sites (N-methyl/N-ethyl adjacent to an activating group) is 2. The third-order valence-electron chi connectivity index (χ3n) is 16.0. The van der Waals surface area contributed by atoms with Crippen molar-refractivity contribution in [2.45, 2.75) is 66.5 Å². The number of piperazine rings is 2. The standard InChI is InChI=1S/2C35H36N6OS/c1-24-4-5-27(17-33(42)28-8-6-26(7-9-28)22-41-14-12-40(3)13-15-41)16-29(24)19-34-37-11-10-32(39-34)30-18-31(21-36-20-30)35-38-25(2)23-43-35;1-24-4-5-27(17-33(42)28-8-6-26(7-9-28)23-41-14-12-40(3)13-15-41)16-29(24)19-34-37-11-10-32(39-34)30-18-31(22-36-21-30)35-38-20-25(2)43-35/h4-11,16,18,20-21,23H,12-15,17,19,22H2,1-3H3;4-11,16,18,20-22H,12-15,17,19,23H2,1-3H3. The van der Waals surface area contributed by atoms with Gasteiger partial charge in [0.15, 0.2) is 11.6 Å². The van der Waals surface area contributed by atoms with Gasteiger partial charge < -0.3 is 9.80 Å². The van der Waals surface area contributed by atoms with Crippen LogP contribution in [0.5, 0.6) is 0 Å². The lowest BCUT2D eigenvalue weighted by atomic mass is 9.97.